The number of aliphatic hydroxyl groups is 1. The van der Waals surface area contributed by atoms with E-state index < -0.39 is 24.0 Å². The number of furan rings is 1. The van der Waals surface area contributed by atoms with E-state index in [1.54, 1.807) is 25.4 Å². The molecule has 1 aliphatic rings. The second kappa shape index (κ2) is 6.97. The molecule has 2 amide bonds. The second-order valence-corrected chi connectivity index (χ2v) is 7.65. The Morgan fingerprint density at radius 2 is 2.07 bits per heavy atom. The summed E-state index contributed by atoms with van der Waals surface area (Å²) in [6, 6.07) is 5.43. The van der Waals surface area contributed by atoms with Gasteiger partial charge < -0.3 is 20.6 Å². The summed E-state index contributed by atoms with van der Waals surface area (Å²) in [5, 5.41) is 12.6. The lowest BCUT2D eigenvalue weighted by Crippen LogP contribution is -2.57. The van der Waals surface area contributed by atoms with E-state index in [1.165, 1.54) is 6.92 Å². The molecule has 1 aliphatic carbocycles. The zero-order valence-electron chi connectivity index (χ0n) is 16.2. The summed E-state index contributed by atoms with van der Waals surface area (Å²) in [7, 11) is 0. The van der Waals surface area contributed by atoms with Gasteiger partial charge in [-0.15, -0.1) is 0 Å². The van der Waals surface area contributed by atoms with E-state index in [-0.39, 0.29) is 5.56 Å². The number of fused-ring (bicyclic) bond motifs is 1. The molecule has 1 fully saturated rings. The third-order valence-corrected chi connectivity index (χ3v) is 5.30. The molecule has 0 radical (unpaired) electrons. The van der Waals surface area contributed by atoms with Crippen LogP contribution >= 0.6 is 0 Å². The largest absolute Gasteiger partial charge is 0.461 e. The van der Waals surface area contributed by atoms with Crippen molar-refractivity contribution >= 4 is 22.8 Å². The molecule has 4 N–H and O–H groups in total. The summed E-state index contributed by atoms with van der Waals surface area (Å²) < 4.78 is 5.70. The van der Waals surface area contributed by atoms with E-state index in [0.717, 1.165) is 24.1 Å². The van der Waals surface area contributed by atoms with Crippen molar-refractivity contribution in [2.75, 3.05) is 6.61 Å². The number of nitrogens with two attached hydrogens (primary N) is 1. The normalized spacial score (nSPS) is 15.8. The first-order chi connectivity index (χ1) is 13.8. The first-order valence-electron chi connectivity index (χ1n) is 9.41. The van der Waals surface area contributed by atoms with Gasteiger partial charge in [0.15, 0.2) is 0 Å². The van der Waals surface area contributed by atoms with Crippen LogP contribution in [0.25, 0.3) is 22.2 Å². The van der Waals surface area contributed by atoms with E-state index >= 15 is 0 Å². The number of carbonyl (C=O) groups excluding carboxylic acids is 2. The van der Waals surface area contributed by atoms with Gasteiger partial charge in [0.1, 0.15) is 16.9 Å². The van der Waals surface area contributed by atoms with Gasteiger partial charge in [-0.1, -0.05) is 0 Å². The Balaban J connectivity index is 1.71. The van der Waals surface area contributed by atoms with E-state index in [1.807, 2.05) is 12.1 Å². The van der Waals surface area contributed by atoms with Gasteiger partial charge in [0.25, 0.3) is 5.91 Å². The third kappa shape index (κ3) is 3.47. The molecule has 0 saturated heterocycles. The van der Waals surface area contributed by atoms with Crippen molar-refractivity contribution in [2.24, 2.45) is 5.73 Å². The van der Waals surface area contributed by atoms with Gasteiger partial charge in [-0.2, -0.15) is 0 Å². The first kappa shape index (κ1) is 19.1. The number of hydrogen-bond donors (Lipinski definition) is 3. The average molecular weight is 394 g/mol. The molecule has 0 spiro atoms. The Morgan fingerprint density at radius 1 is 1.31 bits per heavy atom. The van der Waals surface area contributed by atoms with Gasteiger partial charge in [-0.25, -0.2) is 0 Å². The number of benzene rings is 1. The van der Waals surface area contributed by atoms with E-state index in [4.69, 9.17) is 10.2 Å². The average Bonchev–Trinajstić information content (AvgIpc) is 3.49. The Kier molecular flexibility index (Phi) is 4.58. The number of aryl methyl sites for hydroxylation is 1. The van der Waals surface area contributed by atoms with Gasteiger partial charge in [-0.05, 0) is 44.9 Å². The highest BCUT2D eigenvalue weighted by Gasteiger charge is 2.34. The highest BCUT2D eigenvalue weighted by atomic mass is 16.3. The Labute approximate surface area is 167 Å². The molecule has 150 valence electrons. The minimum atomic E-state index is -1.57. The quantitative estimate of drug-likeness (QED) is 0.586. The van der Waals surface area contributed by atoms with Gasteiger partial charge in [0.05, 0.1) is 29.8 Å². The zero-order valence-corrected chi connectivity index (χ0v) is 16.2. The number of rotatable bonds is 6. The van der Waals surface area contributed by atoms with Crippen LogP contribution in [0, 0.1) is 6.92 Å². The van der Waals surface area contributed by atoms with Crippen LogP contribution in [0.1, 0.15) is 47.5 Å². The molecule has 8 heteroatoms. The van der Waals surface area contributed by atoms with Gasteiger partial charge in [0, 0.05) is 23.1 Å². The van der Waals surface area contributed by atoms with Crippen molar-refractivity contribution in [1.82, 2.24) is 15.3 Å². The minimum Gasteiger partial charge on any atom is -0.461 e. The SMILES string of the molecule is Cc1oc2ccc(-c3cnc(C4CC4)cn3)cc2c1C(=O)N[C@@](C)(CO)C(N)=O. The molecule has 0 unspecified atom stereocenters. The van der Waals surface area contributed by atoms with Crippen molar-refractivity contribution in [3.63, 3.8) is 0 Å². The Hall–Kier alpha value is -3.26. The zero-order chi connectivity index (χ0) is 20.8. The number of amides is 2. The fourth-order valence-electron chi connectivity index (χ4n) is 3.23. The smallest absolute Gasteiger partial charge is 0.256 e. The topological polar surface area (TPSA) is 131 Å². The molecule has 1 aromatic carbocycles. The summed E-state index contributed by atoms with van der Waals surface area (Å²) >= 11 is 0. The molecule has 1 saturated carbocycles. The molecular weight excluding hydrogens is 372 g/mol. The highest BCUT2D eigenvalue weighted by molar-refractivity contribution is 6.09. The van der Waals surface area contributed by atoms with Crippen molar-refractivity contribution in [3.8, 4) is 11.3 Å². The number of aromatic nitrogens is 2. The van der Waals surface area contributed by atoms with Crippen molar-refractivity contribution < 1.29 is 19.1 Å². The lowest BCUT2D eigenvalue weighted by Gasteiger charge is -2.24. The predicted octanol–water partition coefficient (Wildman–Crippen LogP) is 2.04. The van der Waals surface area contributed by atoms with Crippen LogP contribution in [-0.2, 0) is 4.79 Å². The van der Waals surface area contributed by atoms with Crippen LogP contribution in [0.4, 0.5) is 0 Å². The molecule has 2 heterocycles. The number of nitrogens with zero attached hydrogens (tertiary/aromatic N) is 2. The van der Waals surface area contributed by atoms with Gasteiger partial charge >= 0.3 is 0 Å². The van der Waals surface area contributed by atoms with Crippen LogP contribution in [0.3, 0.4) is 0 Å². The predicted molar refractivity (Wildman–Crippen MR) is 106 cm³/mol. The molecule has 8 nitrogen and oxygen atoms in total. The second-order valence-electron chi connectivity index (χ2n) is 7.65. The van der Waals surface area contributed by atoms with Crippen LogP contribution in [0.5, 0.6) is 0 Å². The number of primary amides is 1. The van der Waals surface area contributed by atoms with Gasteiger partial charge in [-0.3, -0.25) is 19.6 Å². The van der Waals surface area contributed by atoms with Crippen LogP contribution < -0.4 is 11.1 Å². The van der Waals surface area contributed by atoms with Crippen molar-refractivity contribution in [2.45, 2.75) is 38.1 Å². The maximum atomic E-state index is 12.9. The maximum Gasteiger partial charge on any atom is 0.256 e. The number of hydrogen-bond acceptors (Lipinski definition) is 6. The summed E-state index contributed by atoms with van der Waals surface area (Å²) in [5.41, 5.74) is 7.05. The van der Waals surface area contributed by atoms with E-state index in [2.05, 4.69) is 15.3 Å². The fraction of sp³-hybridized carbons (Fsp3) is 0.333. The Bertz CT molecular complexity index is 1100. The van der Waals surface area contributed by atoms with Crippen LogP contribution in [0.15, 0.2) is 35.0 Å². The molecule has 4 rings (SSSR count). The standard InChI is InChI=1S/C21H22N4O4/c1-11-18(19(27)25-21(2,10-26)20(22)28)14-7-13(5-6-17(14)29-11)16-9-23-15(8-24-16)12-3-4-12/h5-9,12,26H,3-4,10H2,1-2H3,(H2,22,28)(H,25,27)/t21-/m0/s1. The number of aliphatic hydroxyl groups excluding tert-OH is 1. The number of carbonyl (C=O) groups is 2. The Morgan fingerprint density at radius 3 is 2.66 bits per heavy atom. The van der Waals surface area contributed by atoms with Crippen LogP contribution in [0.2, 0.25) is 0 Å². The van der Waals surface area contributed by atoms with E-state index in [9.17, 15) is 14.7 Å². The maximum absolute atomic E-state index is 12.9. The molecule has 0 bridgehead atoms. The lowest BCUT2D eigenvalue weighted by atomic mass is 10.0. The summed E-state index contributed by atoms with van der Waals surface area (Å²) in [6.07, 6.45) is 5.85. The summed E-state index contributed by atoms with van der Waals surface area (Å²) in [4.78, 5) is 33.5. The summed E-state index contributed by atoms with van der Waals surface area (Å²) in [5.74, 6) is -0.457. The molecule has 1 atom stereocenters. The van der Waals surface area contributed by atoms with Crippen molar-refractivity contribution in [1.29, 1.82) is 0 Å². The monoisotopic (exact) mass is 394 g/mol. The highest BCUT2D eigenvalue weighted by Crippen LogP contribution is 2.39. The lowest BCUT2D eigenvalue weighted by molar-refractivity contribution is -0.124. The molecular formula is C21H22N4O4. The third-order valence-electron chi connectivity index (χ3n) is 5.30. The molecule has 29 heavy (non-hydrogen) atoms. The number of nitrogens with one attached hydrogen (secondary N) is 1. The molecule has 3 aromatic rings. The van der Waals surface area contributed by atoms with Crippen molar-refractivity contribution in [3.05, 3.63) is 47.6 Å². The minimum absolute atomic E-state index is 0.283. The molecule has 0 aliphatic heterocycles. The van der Waals surface area contributed by atoms with Gasteiger partial charge in [0.2, 0.25) is 5.91 Å². The summed E-state index contributed by atoms with van der Waals surface area (Å²) in [6.45, 7) is 2.42. The first-order valence-corrected chi connectivity index (χ1v) is 9.41. The van der Waals surface area contributed by atoms with Crippen LogP contribution in [-0.4, -0.2) is 39.0 Å². The van der Waals surface area contributed by atoms with E-state index in [0.29, 0.717) is 28.3 Å². The fourth-order valence-corrected chi connectivity index (χ4v) is 3.23. The molecule has 2 aromatic heterocycles.